The lowest BCUT2D eigenvalue weighted by Gasteiger charge is -2.53. The zero-order valence-electron chi connectivity index (χ0n) is 11.1. The van der Waals surface area contributed by atoms with Crippen LogP contribution in [-0.2, 0) is 4.74 Å². The lowest BCUT2D eigenvalue weighted by atomic mass is 9.55. The molecule has 0 heterocycles. The predicted molar refractivity (Wildman–Crippen MR) is 69.0 cm³/mol. The molecule has 4 aliphatic rings. The van der Waals surface area contributed by atoms with Crippen LogP contribution in [0.2, 0.25) is 0 Å². The lowest BCUT2D eigenvalue weighted by molar-refractivity contribution is -0.0963. The van der Waals surface area contributed by atoms with Gasteiger partial charge in [-0.15, -0.1) is 0 Å². The van der Waals surface area contributed by atoms with Crippen LogP contribution in [0.4, 0.5) is 4.79 Å². The molecule has 1 atom stereocenters. The highest BCUT2D eigenvalue weighted by Crippen LogP contribution is 2.54. The third-order valence-corrected chi connectivity index (χ3v) is 5.10. The Morgan fingerprint density at radius 1 is 1.22 bits per heavy atom. The third kappa shape index (κ3) is 2.22. The standard InChI is InChI=1S/C14H24N2O2/c1-8(7-15)16-14(17)18-13-11-3-9-2-10(5-11)6-12(13)4-9/h8-13H,2-7,15H2,1H3,(H,16,17). The Bertz CT molecular complexity index is 304. The number of carbonyl (C=O) groups excluding carboxylic acids is 1. The van der Waals surface area contributed by atoms with Gasteiger partial charge in [0, 0.05) is 12.6 Å². The van der Waals surface area contributed by atoms with Crippen molar-refractivity contribution >= 4 is 6.09 Å². The Kier molecular flexibility index (Phi) is 3.22. The second-order valence-electron chi connectivity index (χ2n) is 6.58. The number of amides is 1. The van der Waals surface area contributed by atoms with Gasteiger partial charge in [0.15, 0.2) is 0 Å². The van der Waals surface area contributed by atoms with Gasteiger partial charge in [-0.05, 0) is 62.7 Å². The first-order valence-corrected chi connectivity index (χ1v) is 7.33. The van der Waals surface area contributed by atoms with Crippen LogP contribution in [0.1, 0.15) is 39.0 Å². The summed E-state index contributed by atoms with van der Waals surface area (Å²) in [5.41, 5.74) is 5.50. The average molecular weight is 252 g/mol. The average Bonchev–Trinajstić information content (AvgIpc) is 2.32. The van der Waals surface area contributed by atoms with E-state index in [2.05, 4.69) is 5.32 Å². The molecule has 1 unspecified atom stereocenters. The van der Waals surface area contributed by atoms with Gasteiger partial charge in [0.2, 0.25) is 0 Å². The summed E-state index contributed by atoms with van der Waals surface area (Å²) in [4.78, 5) is 11.8. The van der Waals surface area contributed by atoms with Crippen molar-refractivity contribution in [1.82, 2.24) is 5.32 Å². The number of hydrogen-bond acceptors (Lipinski definition) is 3. The van der Waals surface area contributed by atoms with Crippen molar-refractivity contribution in [3.63, 3.8) is 0 Å². The second kappa shape index (κ2) is 4.72. The summed E-state index contributed by atoms with van der Waals surface area (Å²) in [5, 5.41) is 2.80. The number of carbonyl (C=O) groups is 1. The maximum atomic E-state index is 11.8. The molecule has 3 N–H and O–H groups in total. The van der Waals surface area contributed by atoms with E-state index in [9.17, 15) is 4.79 Å². The molecule has 0 saturated heterocycles. The number of nitrogens with two attached hydrogens (primary N) is 1. The van der Waals surface area contributed by atoms with E-state index in [0.717, 1.165) is 11.8 Å². The zero-order chi connectivity index (χ0) is 12.7. The molecule has 4 rings (SSSR count). The Balaban J connectivity index is 1.58. The molecule has 4 aliphatic carbocycles. The van der Waals surface area contributed by atoms with Gasteiger partial charge in [0.05, 0.1) is 0 Å². The molecule has 0 aliphatic heterocycles. The molecule has 4 nitrogen and oxygen atoms in total. The highest BCUT2D eigenvalue weighted by Gasteiger charge is 2.49. The van der Waals surface area contributed by atoms with Crippen molar-refractivity contribution in [3.8, 4) is 0 Å². The van der Waals surface area contributed by atoms with Gasteiger partial charge in [-0.25, -0.2) is 4.79 Å². The fraction of sp³-hybridized carbons (Fsp3) is 0.929. The van der Waals surface area contributed by atoms with E-state index in [-0.39, 0.29) is 18.2 Å². The number of ether oxygens (including phenoxy) is 1. The first kappa shape index (κ1) is 12.3. The van der Waals surface area contributed by atoms with Crippen LogP contribution in [0.3, 0.4) is 0 Å². The summed E-state index contributed by atoms with van der Waals surface area (Å²) >= 11 is 0. The first-order chi connectivity index (χ1) is 8.65. The molecule has 0 spiro atoms. The van der Waals surface area contributed by atoms with Crippen molar-refractivity contribution in [2.24, 2.45) is 29.4 Å². The van der Waals surface area contributed by atoms with E-state index in [1.807, 2.05) is 6.92 Å². The molecule has 102 valence electrons. The van der Waals surface area contributed by atoms with E-state index in [1.165, 1.54) is 32.1 Å². The van der Waals surface area contributed by atoms with Crippen molar-refractivity contribution in [2.45, 2.75) is 51.2 Å². The zero-order valence-corrected chi connectivity index (χ0v) is 11.1. The molecule has 4 bridgehead atoms. The molecule has 0 aromatic heterocycles. The first-order valence-electron chi connectivity index (χ1n) is 7.33. The smallest absolute Gasteiger partial charge is 0.407 e. The van der Waals surface area contributed by atoms with E-state index < -0.39 is 0 Å². The molecule has 18 heavy (non-hydrogen) atoms. The Morgan fingerprint density at radius 3 is 2.28 bits per heavy atom. The van der Waals surface area contributed by atoms with Crippen LogP contribution in [0.25, 0.3) is 0 Å². The van der Waals surface area contributed by atoms with Gasteiger partial charge >= 0.3 is 6.09 Å². The fourth-order valence-electron chi connectivity index (χ4n) is 4.49. The number of rotatable bonds is 3. The molecule has 0 radical (unpaired) electrons. The van der Waals surface area contributed by atoms with Gasteiger partial charge in [0.25, 0.3) is 0 Å². The van der Waals surface area contributed by atoms with Crippen molar-refractivity contribution in [2.75, 3.05) is 6.54 Å². The van der Waals surface area contributed by atoms with Crippen LogP contribution in [0, 0.1) is 23.7 Å². The predicted octanol–water partition coefficient (Wildman–Crippen LogP) is 1.88. The minimum absolute atomic E-state index is 0.00525. The molecule has 4 heteroatoms. The van der Waals surface area contributed by atoms with Crippen LogP contribution in [0.5, 0.6) is 0 Å². The van der Waals surface area contributed by atoms with E-state index in [4.69, 9.17) is 10.5 Å². The maximum Gasteiger partial charge on any atom is 0.407 e. The van der Waals surface area contributed by atoms with Gasteiger partial charge in [-0.3, -0.25) is 0 Å². The van der Waals surface area contributed by atoms with Crippen molar-refractivity contribution in [3.05, 3.63) is 0 Å². The number of nitrogens with one attached hydrogen (secondary N) is 1. The minimum atomic E-state index is -0.273. The monoisotopic (exact) mass is 252 g/mol. The molecule has 0 aromatic rings. The molecular weight excluding hydrogens is 228 g/mol. The van der Waals surface area contributed by atoms with Gasteiger partial charge in [-0.1, -0.05) is 0 Å². The quantitative estimate of drug-likeness (QED) is 0.806. The SMILES string of the molecule is CC(CN)NC(=O)OC1C2CC3CC(C2)CC1C3. The van der Waals surface area contributed by atoms with Crippen molar-refractivity contribution < 1.29 is 9.53 Å². The summed E-state index contributed by atoms with van der Waals surface area (Å²) in [7, 11) is 0. The minimum Gasteiger partial charge on any atom is -0.446 e. The van der Waals surface area contributed by atoms with Crippen LogP contribution >= 0.6 is 0 Å². The fourth-order valence-corrected chi connectivity index (χ4v) is 4.49. The van der Waals surface area contributed by atoms with E-state index >= 15 is 0 Å². The topological polar surface area (TPSA) is 64.3 Å². The Hall–Kier alpha value is -0.770. The number of alkyl carbamates (subject to hydrolysis) is 1. The molecule has 4 fully saturated rings. The van der Waals surface area contributed by atoms with Crippen LogP contribution < -0.4 is 11.1 Å². The lowest BCUT2D eigenvalue weighted by Crippen LogP contribution is -2.51. The van der Waals surface area contributed by atoms with Gasteiger partial charge in [0.1, 0.15) is 6.10 Å². The summed E-state index contributed by atoms with van der Waals surface area (Å²) in [6.45, 7) is 2.36. The summed E-state index contributed by atoms with van der Waals surface area (Å²) < 4.78 is 5.69. The van der Waals surface area contributed by atoms with Crippen LogP contribution in [-0.4, -0.2) is 24.8 Å². The van der Waals surface area contributed by atoms with E-state index in [1.54, 1.807) is 0 Å². The molecule has 0 aromatic carbocycles. The second-order valence-corrected chi connectivity index (χ2v) is 6.58. The maximum absolute atomic E-state index is 11.8. The Labute approximate surface area is 109 Å². The highest BCUT2D eigenvalue weighted by molar-refractivity contribution is 5.67. The number of hydrogen-bond donors (Lipinski definition) is 2. The van der Waals surface area contributed by atoms with Crippen LogP contribution in [0.15, 0.2) is 0 Å². The Morgan fingerprint density at radius 2 is 1.78 bits per heavy atom. The third-order valence-electron chi connectivity index (χ3n) is 5.10. The van der Waals surface area contributed by atoms with Gasteiger partial charge in [-0.2, -0.15) is 0 Å². The normalized spacial score (nSPS) is 42.7. The van der Waals surface area contributed by atoms with Gasteiger partial charge < -0.3 is 15.8 Å². The molecule has 4 saturated carbocycles. The summed E-state index contributed by atoms with van der Waals surface area (Å²) in [5.74, 6) is 3.08. The largest absolute Gasteiger partial charge is 0.446 e. The van der Waals surface area contributed by atoms with E-state index in [0.29, 0.717) is 18.4 Å². The summed E-state index contributed by atoms with van der Waals surface area (Å²) in [6, 6.07) is -0.00525. The molecular formula is C14H24N2O2. The highest BCUT2D eigenvalue weighted by atomic mass is 16.6. The van der Waals surface area contributed by atoms with Crippen molar-refractivity contribution in [1.29, 1.82) is 0 Å². The summed E-state index contributed by atoms with van der Waals surface area (Å²) in [6.07, 6.45) is 6.42. The molecule has 1 amide bonds.